The Morgan fingerprint density at radius 1 is 1.36 bits per heavy atom. The molecule has 7 heteroatoms. The molecule has 0 aliphatic carbocycles. The molecule has 6 nitrogen and oxygen atoms in total. The fourth-order valence-electron chi connectivity index (χ4n) is 4.41. The van der Waals surface area contributed by atoms with E-state index in [1.165, 1.54) is 0 Å². The number of amides is 2. The number of thiazole rings is 1. The maximum Gasteiger partial charge on any atom is 0.272 e. The monoisotopic (exact) mass is 360 g/mol. The molecule has 134 valence electrons. The average molecular weight is 360 g/mol. The minimum atomic E-state index is 0.0597. The Bertz CT molecular complexity index is 826. The predicted octanol–water partition coefficient (Wildman–Crippen LogP) is 2.57. The first-order chi connectivity index (χ1) is 12.0. The fourth-order valence-corrected chi connectivity index (χ4v) is 5.17. The van der Waals surface area contributed by atoms with Gasteiger partial charge in [-0.3, -0.25) is 14.0 Å². The summed E-state index contributed by atoms with van der Waals surface area (Å²) in [5.74, 6) is 0.325. The number of aromatic nitrogens is 2. The molecule has 1 atom stereocenters. The maximum absolute atomic E-state index is 13.2. The van der Waals surface area contributed by atoms with E-state index in [1.807, 2.05) is 39.6 Å². The molecular formula is C18H24N4O2S. The third-order valence-electron chi connectivity index (χ3n) is 5.72. The van der Waals surface area contributed by atoms with Crippen LogP contribution < -0.4 is 0 Å². The van der Waals surface area contributed by atoms with Crippen LogP contribution in [-0.2, 0) is 4.79 Å². The lowest BCUT2D eigenvalue weighted by atomic mass is 9.73. The Morgan fingerprint density at radius 3 is 3.00 bits per heavy atom. The van der Waals surface area contributed by atoms with Crippen LogP contribution in [0.3, 0.4) is 0 Å². The fraction of sp³-hybridized carbons (Fsp3) is 0.611. The molecule has 25 heavy (non-hydrogen) atoms. The molecular weight excluding hydrogens is 336 g/mol. The third-order valence-corrected chi connectivity index (χ3v) is 6.47. The number of imidazole rings is 1. The number of rotatable bonds is 2. The molecule has 2 aliphatic rings. The topological polar surface area (TPSA) is 57.9 Å². The van der Waals surface area contributed by atoms with Crippen molar-refractivity contribution >= 4 is 28.1 Å². The minimum absolute atomic E-state index is 0.0597. The second-order valence-electron chi connectivity index (χ2n) is 7.34. The van der Waals surface area contributed by atoms with Crippen LogP contribution in [0.5, 0.6) is 0 Å². The molecule has 0 saturated carbocycles. The molecule has 2 aromatic rings. The van der Waals surface area contributed by atoms with Gasteiger partial charge < -0.3 is 9.80 Å². The number of nitrogens with zero attached hydrogens (tertiary/aromatic N) is 4. The quantitative estimate of drug-likeness (QED) is 0.827. The molecule has 2 saturated heterocycles. The Labute approximate surface area is 151 Å². The van der Waals surface area contributed by atoms with Crippen LogP contribution in [-0.4, -0.2) is 57.2 Å². The lowest BCUT2D eigenvalue weighted by molar-refractivity contribution is -0.138. The zero-order valence-corrected chi connectivity index (χ0v) is 15.6. The Kier molecular flexibility index (Phi) is 4.06. The molecule has 0 bridgehead atoms. The summed E-state index contributed by atoms with van der Waals surface area (Å²) >= 11 is 1.55. The van der Waals surface area contributed by atoms with E-state index in [0.717, 1.165) is 56.1 Å². The van der Waals surface area contributed by atoms with Crippen LogP contribution >= 0.6 is 11.3 Å². The highest BCUT2D eigenvalue weighted by atomic mass is 32.1. The molecule has 1 unspecified atom stereocenters. The highest BCUT2D eigenvalue weighted by Gasteiger charge is 2.42. The normalized spacial score (nSPS) is 24.5. The number of carbonyl (C=O) groups excluding carboxylic acids is 2. The summed E-state index contributed by atoms with van der Waals surface area (Å²) in [5.41, 5.74) is 1.54. The minimum Gasteiger partial charge on any atom is -0.342 e. The van der Waals surface area contributed by atoms with Crippen molar-refractivity contribution in [1.29, 1.82) is 0 Å². The van der Waals surface area contributed by atoms with E-state index in [9.17, 15) is 9.59 Å². The summed E-state index contributed by atoms with van der Waals surface area (Å²) in [6, 6.07) is 0. The van der Waals surface area contributed by atoms with Crippen molar-refractivity contribution in [3.05, 3.63) is 23.0 Å². The van der Waals surface area contributed by atoms with E-state index in [0.29, 0.717) is 12.1 Å². The van der Waals surface area contributed by atoms with Gasteiger partial charge in [0.2, 0.25) is 5.91 Å². The average Bonchev–Trinajstić information content (AvgIpc) is 3.17. The SMILES string of the molecule is CCN1CC2(CCCN(C(=O)c3c(C)nc4sccn34)C2)CCC1=O. The van der Waals surface area contributed by atoms with Crippen molar-refractivity contribution in [3.8, 4) is 0 Å². The Hall–Kier alpha value is -1.89. The summed E-state index contributed by atoms with van der Waals surface area (Å²) in [6.07, 6.45) is 5.52. The molecule has 2 aliphatic heterocycles. The molecule has 4 heterocycles. The van der Waals surface area contributed by atoms with Crippen molar-refractivity contribution < 1.29 is 9.59 Å². The van der Waals surface area contributed by atoms with Crippen LogP contribution in [0.25, 0.3) is 4.96 Å². The summed E-state index contributed by atoms with van der Waals surface area (Å²) in [6.45, 7) is 7.01. The van der Waals surface area contributed by atoms with Gasteiger partial charge in [-0.2, -0.15) is 0 Å². The van der Waals surface area contributed by atoms with Crippen molar-refractivity contribution in [2.75, 3.05) is 26.2 Å². The van der Waals surface area contributed by atoms with Gasteiger partial charge in [-0.05, 0) is 33.1 Å². The van der Waals surface area contributed by atoms with Gasteiger partial charge in [-0.25, -0.2) is 4.98 Å². The summed E-state index contributed by atoms with van der Waals surface area (Å²) in [5, 5.41) is 1.96. The van der Waals surface area contributed by atoms with Gasteiger partial charge in [0.15, 0.2) is 4.96 Å². The van der Waals surface area contributed by atoms with Crippen molar-refractivity contribution in [1.82, 2.24) is 19.2 Å². The number of fused-ring (bicyclic) bond motifs is 1. The smallest absolute Gasteiger partial charge is 0.272 e. The van der Waals surface area contributed by atoms with Crippen molar-refractivity contribution in [2.24, 2.45) is 5.41 Å². The molecule has 1 spiro atoms. The lowest BCUT2D eigenvalue weighted by Gasteiger charge is -2.48. The Morgan fingerprint density at radius 2 is 2.20 bits per heavy atom. The van der Waals surface area contributed by atoms with E-state index < -0.39 is 0 Å². The summed E-state index contributed by atoms with van der Waals surface area (Å²) in [7, 11) is 0. The van der Waals surface area contributed by atoms with Gasteiger partial charge in [0, 0.05) is 49.6 Å². The van der Waals surface area contributed by atoms with E-state index in [-0.39, 0.29) is 17.2 Å². The zero-order chi connectivity index (χ0) is 17.6. The molecule has 4 rings (SSSR count). The van der Waals surface area contributed by atoms with Crippen LogP contribution in [0.1, 0.15) is 48.8 Å². The largest absolute Gasteiger partial charge is 0.342 e. The first-order valence-electron chi connectivity index (χ1n) is 9.02. The highest BCUT2D eigenvalue weighted by molar-refractivity contribution is 7.15. The van der Waals surface area contributed by atoms with Crippen molar-refractivity contribution in [3.63, 3.8) is 0 Å². The van der Waals surface area contributed by atoms with Gasteiger partial charge in [0.05, 0.1) is 5.69 Å². The van der Waals surface area contributed by atoms with E-state index in [4.69, 9.17) is 0 Å². The molecule has 2 aromatic heterocycles. The second kappa shape index (κ2) is 6.12. The number of hydrogen-bond donors (Lipinski definition) is 0. The number of likely N-dealkylation sites (tertiary alicyclic amines) is 2. The maximum atomic E-state index is 13.2. The molecule has 0 aromatic carbocycles. The summed E-state index contributed by atoms with van der Waals surface area (Å²) < 4.78 is 1.91. The summed E-state index contributed by atoms with van der Waals surface area (Å²) in [4.78, 5) is 34.6. The van der Waals surface area contributed by atoms with Crippen LogP contribution in [0.4, 0.5) is 0 Å². The van der Waals surface area contributed by atoms with Gasteiger partial charge in [0.1, 0.15) is 5.69 Å². The molecule has 0 radical (unpaired) electrons. The first-order valence-corrected chi connectivity index (χ1v) is 9.90. The molecule has 2 fully saturated rings. The number of hydrogen-bond acceptors (Lipinski definition) is 4. The number of carbonyl (C=O) groups is 2. The Balaban J connectivity index is 1.59. The van der Waals surface area contributed by atoms with E-state index >= 15 is 0 Å². The molecule has 2 amide bonds. The second-order valence-corrected chi connectivity index (χ2v) is 8.21. The van der Waals surface area contributed by atoms with Crippen molar-refractivity contribution in [2.45, 2.75) is 39.5 Å². The first kappa shape index (κ1) is 16.6. The van der Waals surface area contributed by atoms with Gasteiger partial charge >= 0.3 is 0 Å². The predicted molar refractivity (Wildman–Crippen MR) is 96.9 cm³/mol. The lowest BCUT2D eigenvalue weighted by Crippen LogP contribution is -2.55. The van der Waals surface area contributed by atoms with Crippen LogP contribution in [0.15, 0.2) is 11.6 Å². The molecule has 0 N–H and O–H groups in total. The highest BCUT2D eigenvalue weighted by Crippen LogP contribution is 2.39. The zero-order valence-electron chi connectivity index (χ0n) is 14.8. The number of piperidine rings is 2. The van der Waals surface area contributed by atoms with Gasteiger partial charge in [0.25, 0.3) is 5.91 Å². The van der Waals surface area contributed by atoms with Gasteiger partial charge in [-0.1, -0.05) is 0 Å². The van der Waals surface area contributed by atoms with E-state index in [1.54, 1.807) is 11.3 Å². The van der Waals surface area contributed by atoms with Crippen LogP contribution in [0, 0.1) is 12.3 Å². The van der Waals surface area contributed by atoms with E-state index in [2.05, 4.69) is 4.98 Å². The van der Waals surface area contributed by atoms with Crippen LogP contribution in [0.2, 0.25) is 0 Å². The number of aryl methyl sites for hydroxylation is 1. The third kappa shape index (κ3) is 2.74. The van der Waals surface area contributed by atoms with Gasteiger partial charge in [-0.15, -0.1) is 11.3 Å². The standard InChI is InChI=1S/C18H24N4O2S/c1-3-20-11-18(7-5-14(20)23)6-4-8-21(12-18)16(24)15-13(2)19-17-22(15)9-10-25-17/h9-10H,3-8,11-12H2,1-2H3.